The highest BCUT2D eigenvalue weighted by molar-refractivity contribution is 5.94. The van der Waals surface area contributed by atoms with E-state index in [0.29, 0.717) is 18.4 Å². The minimum atomic E-state index is -0.00405. The number of Topliss-reactive ketones (excluding diaryl/α,β-unsaturated/α-hetero) is 1. The summed E-state index contributed by atoms with van der Waals surface area (Å²) < 4.78 is 0. The zero-order valence-electron chi connectivity index (χ0n) is 9.49. The van der Waals surface area contributed by atoms with E-state index >= 15 is 0 Å². The molecule has 2 nitrogen and oxygen atoms in total. The highest BCUT2D eigenvalue weighted by Gasteiger charge is 2.10. The van der Waals surface area contributed by atoms with Crippen LogP contribution in [0.2, 0.25) is 0 Å². The summed E-state index contributed by atoms with van der Waals surface area (Å²) >= 11 is 0. The third kappa shape index (κ3) is 2.60. The average molecular weight is 216 g/mol. The van der Waals surface area contributed by atoms with Crippen molar-refractivity contribution in [2.24, 2.45) is 0 Å². The molecule has 0 saturated carbocycles. The van der Waals surface area contributed by atoms with Crippen molar-refractivity contribution in [3.63, 3.8) is 0 Å². The summed E-state index contributed by atoms with van der Waals surface area (Å²) in [4.78, 5) is 11.3. The first-order valence-corrected chi connectivity index (χ1v) is 5.17. The number of hydrogen-bond acceptors (Lipinski definition) is 2. The monoisotopic (exact) mass is 216 g/mol. The molecule has 84 valence electrons. The number of rotatable bonds is 5. The van der Waals surface area contributed by atoms with Gasteiger partial charge in [0.2, 0.25) is 0 Å². The Morgan fingerprint density at radius 1 is 1.25 bits per heavy atom. The third-order valence-electron chi connectivity index (χ3n) is 2.40. The molecule has 0 unspecified atom stereocenters. The van der Waals surface area contributed by atoms with Crippen LogP contribution in [0.1, 0.15) is 28.4 Å². The molecule has 0 saturated heterocycles. The molecule has 1 aromatic carbocycles. The first-order valence-electron chi connectivity index (χ1n) is 5.17. The zero-order valence-corrected chi connectivity index (χ0v) is 9.49. The lowest BCUT2D eigenvalue weighted by atomic mass is 9.98. The number of carbonyl (C=O) groups is 1. The van der Waals surface area contributed by atoms with Gasteiger partial charge in [-0.25, -0.2) is 0 Å². The molecule has 0 aliphatic rings. The van der Waals surface area contributed by atoms with Gasteiger partial charge in [-0.05, 0) is 43.0 Å². The minimum Gasteiger partial charge on any atom is -0.507 e. The van der Waals surface area contributed by atoms with Crippen LogP contribution in [-0.4, -0.2) is 10.9 Å². The molecule has 2 heteroatoms. The molecular formula is C14H16O2. The Hall–Kier alpha value is -1.83. The van der Waals surface area contributed by atoms with Gasteiger partial charge < -0.3 is 5.11 Å². The average Bonchev–Trinajstić information content (AvgIpc) is 2.24. The summed E-state index contributed by atoms with van der Waals surface area (Å²) in [7, 11) is 0. The van der Waals surface area contributed by atoms with Crippen LogP contribution >= 0.6 is 0 Å². The second-order valence-corrected chi connectivity index (χ2v) is 3.68. The molecule has 1 rings (SSSR count). The molecule has 0 spiro atoms. The van der Waals surface area contributed by atoms with Crippen LogP contribution in [0.4, 0.5) is 0 Å². The molecular weight excluding hydrogens is 200 g/mol. The van der Waals surface area contributed by atoms with E-state index in [4.69, 9.17) is 0 Å². The highest BCUT2D eigenvalue weighted by Crippen LogP contribution is 2.26. The molecule has 1 aromatic rings. The first-order chi connectivity index (χ1) is 7.60. The van der Waals surface area contributed by atoms with Crippen molar-refractivity contribution >= 4 is 5.78 Å². The number of allylic oxidation sites excluding steroid dienone is 2. The number of benzene rings is 1. The van der Waals surface area contributed by atoms with Crippen LogP contribution < -0.4 is 0 Å². The van der Waals surface area contributed by atoms with E-state index < -0.39 is 0 Å². The predicted molar refractivity (Wildman–Crippen MR) is 65.9 cm³/mol. The van der Waals surface area contributed by atoms with Crippen LogP contribution in [0.15, 0.2) is 37.4 Å². The van der Waals surface area contributed by atoms with Gasteiger partial charge in [0.15, 0.2) is 5.78 Å². The Morgan fingerprint density at radius 2 is 1.69 bits per heavy atom. The zero-order chi connectivity index (χ0) is 12.1. The van der Waals surface area contributed by atoms with E-state index in [0.717, 1.165) is 11.1 Å². The van der Waals surface area contributed by atoms with Crippen LogP contribution in [0.5, 0.6) is 5.75 Å². The van der Waals surface area contributed by atoms with Gasteiger partial charge in [-0.15, -0.1) is 13.2 Å². The second kappa shape index (κ2) is 5.31. The van der Waals surface area contributed by atoms with Crippen LogP contribution in [-0.2, 0) is 12.8 Å². The summed E-state index contributed by atoms with van der Waals surface area (Å²) in [6, 6.07) is 3.43. The van der Waals surface area contributed by atoms with Crippen molar-refractivity contribution in [3.8, 4) is 5.75 Å². The van der Waals surface area contributed by atoms with E-state index in [2.05, 4.69) is 13.2 Å². The number of hydrogen-bond donors (Lipinski definition) is 1. The van der Waals surface area contributed by atoms with Crippen molar-refractivity contribution in [2.45, 2.75) is 19.8 Å². The fourth-order valence-electron chi connectivity index (χ4n) is 1.59. The van der Waals surface area contributed by atoms with Crippen molar-refractivity contribution in [3.05, 3.63) is 54.1 Å². The fraction of sp³-hybridized carbons (Fsp3) is 0.214. The van der Waals surface area contributed by atoms with E-state index in [9.17, 15) is 9.90 Å². The normalized spacial score (nSPS) is 9.81. The molecule has 0 amide bonds. The van der Waals surface area contributed by atoms with E-state index in [1.165, 1.54) is 6.92 Å². The summed E-state index contributed by atoms with van der Waals surface area (Å²) in [5.74, 6) is 0.237. The van der Waals surface area contributed by atoms with Gasteiger partial charge in [-0.1, -0.05) is 12.2 Å². The standard InChI is InChI=1S/C14H16O2/c1-4-6-11-8-13(10(3)15)9-12(7-5-2)14(11)16/h4-5,8-9,16H,1-2,6-7H2,3H3. The lowest BCUT2D eigenvalue weighted by molar-refractivity contribution is 0.101. The topological polar surface area (TPSA) is 37.3 Å². The largest absolute Gasteiger partial charge is 0.507 e. The Morgan fingerprint density at radius 3 is 2.00 bits per heavy atom. The molecule has 1 N–H and O–H groups in total. The molecule has 0 aromatic heterocycles. The van der Waals surface area contributed by atoms with Gasteiger partial charge >= 0.3 is 0 Å². The summed E-state index contributed by atoms with van der Waals surface area (Å²) in [6.45, 7) is 8.78. The maximum atomic E-state index is 11.3. The third-order valence-corrected chi connectivity index (χ3v) is 2.40. The smallest absolute Gasteiger partial charge is 0.159 e. The molecule has 0 bridgehead atoms. The van der Waals surface area contributed by atoms with Gasteiger partial charge in [-0.3, -0.25) is 4.79 Å². The molecule has 0 radical (unpaired) electrons. The van der Waals surface area contributed by atoms with Gasteiger partial charge in [0.05, 0.1) is 0 Å². The van der Waals surface area contributed by atoms with Crippen molar-refractivity contribution in [2.75, 3.05) is 0 Å². The van der Waals surface area contributed by atoms with Gasteiger partial charge in [0, 0.05) is 5.56 Å². The van der Waals surface area contributed by atoms with Crippen LogP contribution in [0.25, 0.3) is 0 Å². The second-order valence-electron chi connectivity index (χ2n) is 3.68. The van der Waals surface area contributed by atoms with Crippen LogP contribution in [0, 0.1) is 0 Å². The molecule has 0 fully saturated rings. The maximum absolute atomic E-state index is 11.3. The number of ketones is 1. The van der Waals surface area contributed by atoms with Crippen molar-refractivity contribution < 1.29 is 9.90 Å². The molecule has 0 aliphatic carbocycles. The van der Waals surface area contributed by atoms with Gasteiger partial charge in [0.1, 0.15) is 5.75 Å². The lowest BCUT2D eigenvalue weighted by Gasteiger charge is -2.09. The fourth-order valence-corrected chi connectivity index (χ4v) is 1.59. The lowest BCUT2D eigenvalue weighted by Crippen LogP contribution is -1.98. The van der Waals surface area contributed by atoms with Gasteiger partial charge in [-0.2, -0.15) is 0 Å². The van der Waals surface area contributed by atoms with Crippen molar-refractivity contribution in [1.82, 2.24) is 0 Å². The molecule has 16 heavy (non-hydrogen) atoms. The maximum Gasteiger partial charge on any atom is 0.159 e. The number of aromatic hydroxyl groups is 1. The minimum absolute atomic E-state index is 0.00405. The number of phenolic OH excluding ortho intramolecular Hbond substituents is 1. The van der Waals surface area contributed by atoms with Gasteiger partial charge in [0.25, 0.3) is 0 Å². The SMILES string of the molecule is C=CCc1cc(C(C)=O)cc(CC=C)c1O. The van der Waals surface area contributed by atoms with Crippen molar-refractivity contribution in [1.29, 1.82) is 0 Å². The Kier molecular flexibility index (Phi) is 4.06. The Bertz CT molecular complexity index is 399. The summed E-state index contributed by atoms with van der Waals surface area (Å²) in [5.41, 5.74) is 2.09. The van der Waals surface area contributed by atoms with E-state index in [1.54, 1.807) is 24.3 Å². The quantitative estimate of drug-likeness (QED) is 0.606. The summed E-state index contributed by atoms with van der Waals surface area (Å²) in [6.07, 6.45) is 4.52. The van der Waals surface area contributed by atoms with E-state index in [1.807, 2.05) is 0 Å². The highest BCUT2D eigenvalue weighted by atomic mass is 16.3. The molecule has 0 atom stereocenters. The van der Waals surface area contributed by atoms with Crippen LogP contribution in [0.3, 0.4) is 0 Å². The number of phenols is 1. The number of carbonyl (C=O) groups excluding carboxylic acids is 1. The summed E-state index contributed by atoms with van der Waals surface area (Å²) in [5, 5.41) is 9.95. The Labute approximate surface area is 95.9 Å². The van der Waals surface area contributed by atoms with E-state index in [-0.39, 0.29) is 11.5 Å². The molecule has 0 aliphatic heterocycles. The molecule has 0 heterocycles. The predicted octanol–water partition coefficient (Wildman–Crippen LogP) is 3.05. The first kappa shape index (κ1) is 12.2. The Balaban J connectivity index is 3.31.